The van der Waals surface area contributed by atoms with Gasteiger partial charge in [0.1, 0.15) is 0 Å². The molecule has 0 saturated carbocycles. The topological polar surface area (TPSA) is 9.23 Å². The third kappa shape index (κ3) is 7.71. The van der Waals surface area contributed by atoms with Gasteiger partial charge in [0.15, 0.2) is 8.32 Å². The SMILES string of the molecule is CC1=C(/C=C/C(C)=C/C=C/C(C)=C/CO[Si](C)(C)C(C)(C)C)C(C)(C)CCC1. The third-order valence-corrected chi connectivity index (χ3v) is 10.9. The summed E-state index contributed by atoms with van der Waals surface area (Å²) in [5.41, 5.74) is 5.91. The third-order valence-electron chi connectivity index (χ3n) is 6.43. The average molecular weight is 401 g/mol. The van der Waals surface area contributed by atoms with Crippen LogP contribution >= 0.6 is 0 Å². The zero-order valence-electron chi connectivity index (χ0n) is 20.2. The summed E-state index contributed by atoms with van der Waals surface area (Å²) in [6.45, 7) is 23.5. The summed E-state index contributed by atoms with van der Waals surface area (Å²) in [5.74, 6) is 0. The van der Waals surface area contributed by atoms with E-state index in [2.05, 4.69) is 105 Å². The Hall–Kier alpha value is -1.12. The van der Waals surface area contributed by atoms with Gasteiger partial charge in [-0.2, -0.15) is 0 Å². The van der Waals surface area contributed by atoms with Crippen LogP contribution in [-0.2, 0) is 4.43 Å². The largest absolute Gasteiger partial charge is 0.413 e. The molecule has 0 aromatic carbocycles. The van der Waals surface area contributed by atoms with Gasteiger partial charge in [0.2, 0.25) is 0 Å². The van der Waals surface area contributed by atoms with Gasteiger partial charge in [-0.1, -0.05) is 87.8 Å². The van der Waals surface area contributed by atoms with Crippen LogP contribution in [0.5, 0.6) is 0 Å². The van der Waals surface area contributed by atoms with E-state index in [0.717, 1.165) is 0 Å². The van der Waals surface area contributed by atoms with E-state index in [4.69, 9.17) is 4.43 Å². The fourth-order valence-corrected chi connectivity index (χ4v) is 4.23. The molecule has 1 aliphatic carbocycles. The maximum absolute atomic E-state index is 6.22. The van der Waals surface area contributed by atoms with Gasteiger partial charge < -0.3 is 4.43 Å². The van der Waals surface area contributed by atoms with Crippen LogP contribution in [0.4, 0.5) is 0 Å². The van der Waals surface area contributed by atoms with Gasteiger partial charge in [-0.25, -0.2) is 0 Å². The van der Waals surface area contributed by atoms with E-state index in [1.54, 1.807) is 5.57 Å². The van der Waals surface area contributed by atoms with Gasteiger partial charge in [0.25, 0.3) is 0 Å². The zero-order chi connectivity index (χ0) is 21.6. The lowest BCUT2D eigenvalue weighted by atomic mass is 9.72. The number of hydrogen-bond acceptors (Lipinski definition) is 1. The van der Waals surface area contributed by atoms with Crippen LogP contribution < -0.4 is 0 Å². The van der Waals surface area contributed by atoms with Gasteiger partial charge in [-0.05, 0) is 69.2 Å². The van der Waals surface area contributed by atoms with Crippen molar-refractivity contribution in [3.8, 4) is 0 Å². The normalized spacial score (nSPS) is 19.9. The number of hydrogen-bond donors (Lipinski definition) is 0. The predicted octanol–water partition coefficient (Wildman–Crippen LogP) is 8.54. The van der Waals surface area contributed by atoms with Crippen molar-refractivity contribution in [3.05, 3.63) is 58.7 Å². The van der Waals surface area contributed by atoms with Gasteiger partial charge in [-0.15, -0.1) is 0 Å². The minimum atomic E-state index is -1.66. The van der Waals surface area contributed by atoms with E-state index >= 15 is 0 Å². The first-order valence-corrected chi connectivity index (χ1v) is 13.7. The van der Waals surface area contributed by atoms with Gasteiger partial charge in [0.05, 0.1) is 6.61 Å². The van der Waals surface area contributed by atoms with Crippen molar-refractivity contribution in [1.29, 1.82) is 0 Å². The van der Waals surface area contributed by atoms with Crippen molar-refractivity contribution in [1.82, 2.24) is 0 Å². The molecule has 0 fully saturated rings. The second kappa shape index (κ2) is 10.1. The van der Waals surface area contributed by atoms with Crippen molar-refractivity contribution in [2.45, 2.75) is 92.8 Å². The maximum atomic E-state index is 6.22. The Morgan fingerprint density at radius 3 is 2.32 bits per heavy atom. The molecule has 0 spiro atoms. The number of allylic oxidation sites excluding steroid dienone is 9. The molecule has 0 aromatic heterocycles. The van der Waals surface area contributed by atoms with Crippen molar-refractivity contribution in [2.24, 2.45) is 5.41 Å². The standard InChI is InChI=1S/C26H44OSi/c1-21(16-17-24-23(3)15-12-19-26(24,7)8)13-11-14-22(2)18-20-27-28(9,10)25(4,5)6/h11,13-14,16-18H,12,15,19-20H2,1-10H3/b14-11+,17-16+,21-13+,22-18+. The Bertz CT molecular complexity index is 676. The first kappa shape index (κ1) is 24.9. The van der Waals surface area contributed by atoms with E-state index in [0.29, 0.717) is 12.0 Å². The molecular formula is C26H44OSi. The quantitative estimate of drug-likeness (QED) is 0.307. The Morgan fingerprint density at radius 2 is 1.75 bits per heavy atom. The molecule has 28 heavy (non-hydrogen) atoms. The molecule has 1 rings (SSSR count). The van der Waals surface area contributed by atoms with Crippen LogP contribution in [0, 0.1) is 5.41 Å². The molecule has 0 unspecified atom stereocenters. The summed E-state index contributed by atoms with van der Waals surface area (Å²) in [6, 6.07) is 0. The van der Waals surface area contributed by atoms with Gasteiger partial charge in [0, 0.05) is 0 Å². The van der Waals surface area contributed by atoms with Crippen LogP contribution in [0.15, 0.2) is 58.7 Å². The molecule has 0 N–H and O–H groups in total. The van der Waals surface area contributed by atoms with Crippen LogP contribution in [0.25, 0.3) is 0 Å². The van der Waals surface area contributed by atoms with Gasteiger partial charge >= 0.3 is 0 Å². The molecule has 0 atom stereocenters. The highest BCUT2D eigenvalue weighted by atomic mass is 28.4. The van der Waals surface area contributed by atoms with E-state index in [1.807, 2.05) is 0 Å². The first-order valence-electron chi connectivity index (χ1n) is 10.8. The van der Waals surface area contributed by atoms with E-state index in [9.17, 15) is 0 Å². The highest BCUT2D eigenvalue weighted by molar-refractivity contribution is 6.74. The fraction of sp³-hybridized carbons (Fsp3) is 0.615. The van der Waals surface area contributed by atoms with Crippen LogP contribution in [-0.4, -0.2) is 14.9 Å². The summed E-state index contributed by atoms with van der Waals surface area (Å²) in [6.07, 6.45) is 17.1. The van der Waals surface area contributed by atoms with Gasteiger partial charge in [-0.3, -0.25) is 0 Å². The molecule has 0 aliphatic heterocycles. The highest BCUT2D eigenvalue weighted by Crippen LogP contribution is 2.40. The van der Waals surface area contributed by atoms with Crippen LogP contribution in [0.3, 0.4) is 0 Å². The lowest BCUT2D eigenvalue weighted by Gasteiger charge is -2.35. The monoisotopic (exact) mass is 400 g/mol. The summed E-state index contributed by atoms with van der Waals surface area (Å²) in [4.78, 5) is 0. The fourth-order valence-electron chi connectivity index (χ4n) is 3.30. The molecule has 0 radical (unpaired) electrons. The summed E-state index contributed by atoms with van der Waals surface area (Å²) < 4.78 is 6.22. The molecule has 0 amide bonds. The predicted molar refractivity (Wildman–Crippen MR) is 129 cm³/mol. The highest BCUT2D eigenvalue weighted by Gasteiger charge is 2.36. The summed E-state index contributed by atoms with van der Waals surface area (Å²) in [5, 5.41) is 0.261. The smallest absolute Gasteiger partial charge is 0.192 e. The van der Waals surface area contributed by atoms with Crippen molar-refractivity contribution < 1.29 is 4.43 Å². The molecular weight excluding hydrogens is 356 g/mol. The lowest BCUT2D eigenvalue weighted by molar-refractivity contribution is 0.327. The molecule has 1 aliphatic rings. The first-order chi connectivity index (χ1) is 12.8. The average Bonchev–Trinajstić information content (AvgIpc) is 2.52. The lowest BCUT2D eigenvalue weighted by Crippen LogP contribution is -2.40. The van der Waals surface area contributed by atoms with Crippen molar-refractivity contribution >= 4 is 8.32 Å². The second-order valence-corrected chi connectivity index (χ2v) is 15.4. The number of rotatable bonds is 7. The Morgan fingerprint density at radius 1 is 1.11 bits per heavy atom. The summed E-state index contributed by atoms with van der Waals surface area (Å²) >= 11 is 0. The van der Waals surface area contributed by atoms with Crippen molar-refractivity contribution in [2.75, 3.05) is 6.61 Å². The second-order valence-electron chi connectivity index (χ2n) is 10.6. The molecule has 158 valence electrons. The Balaban J connectivity index is 2.66. The minimum absolute atomic E-state index is 0.261. The van der Waals surface area contributed by atoms with E-state index in [1.165, 1.54) is 36.0 Å². The molecule has 0 heterocycles. The molecule has 1 nitrogen and oxygen atoms in total. The molecule has 0 aromatic rings. The van der Waals surface area contributed by atoms with E-state index in [-0.39, 0.29) is 5.04 Å². The Kier molecular flexibility index (Phi) is 8.96. The molecule has 2 heteroatoms. The van der Waals surface area contributed by atoms with Crippen molar-refractivity contribution in [3.63, 3.8) is 0 Å². The Labute approximate surface area is 176 Å². The minimum Gasteiger partial charge on any atom is -0.413 e. The van der Waals surface area contributed by atoms with E-state index < -0.39 is 8.32 Å². The molecule has 0 saturated heterocycles. The van der Waals surface area contributed by atoms with Crippen LogP contribution in [0.2, 0.25) is 18.1 Å². The van der Waals surface area contributed by atoms with Crippen LogP contribution in [0.1, 0.15) is 74.7 Å². The molecule has 0 bridgehead atoms. The maximum Gasteiger partial charge on any atom is 0.192 e. The zero-order valence-corrected chi connectivity index (χ0v) is 21.2. The summed E-state index contributed by atoms with van der Waals surface area (Å²) in [7, 11) is -1.66.